The minimum atomic E-state index is -1.10. The van der Waals surface area contributed by atoms with Crippen molar-refractivity contribution in [2.24, 2.45) is 0 Å². The van der Waals surface area contributed by atoms with Crippen LogP contribution in [0.3, 0.4) is 0 Å². The summed E-state index contributed by atoms with van der Waals surface area (Å²) in [6, 6.07) is 29.9. The number of aliphatic hydroxyl groups is 1. The van der Waals surface area contributed by atoms with E-state index >= 15 is 0 Å². The summed E-state index contributed by atoms with van der Waals surface area (Å²) < 4.78 is 17.3. The smallest absolute Gasteiger partial charge is 0.350 e. The number of benzene rings is 4. The zero-order valence-electron chi connectivity index (χ0n) is 26.8. The van der Waals surface area contributed by atoms with Crippen LogP contribution in [0.1, 0.15) is 43.7 Å². The number of ether oxygens (including phenoxy) is 3. The summed E-state index contributed by atoms with van der Waals surface area (Å²) in [5.41, 5.74) is 2.67. The number of anilines is 1. The van der Waals surface area contributed by atoms with Crippen molar-refractivity contribution in [3.63, 3.8) is 0 Å². The largest absolute Gasteiger partial charge is 0.507 e. The van der Waals surface area contributed by atoms with E-state index in [-0.39, 0.29) is 27.9 Å². The Kier molecular flexibility index (Phi) is 9.68. The van der Waals surface area contributed by atoms with E-state index in [0.29, 0.717) is 46.2 Å². The van der Waals surface area contributed by atoms with E-state index in [0.717, 1.165) is 16.9 Å². The lowest BCUT2D eigenvalue weighted by atomic mass is 9.94. The van der Waals surface area contributed by atoms with Crippen LogP contribution in [-0.4, -0.2) is 34.4 Å². The summed E-state index contributed by atoms with van der Waals surface area (Å²) in [7, 11) is 0. The number of esters is 1. The van der Waals surface area contributed by atoms with Gasteiger partial charge in [-0.15, -0.1) is 0 Å². The Morgan fingerprint density at radius 2 is 1.63 bits per heavy atom. The molecule has 0 radical (unpaired) electrons. The number of carbonyl (C=O) groups is 3. The molecule has 2 heterocycles. The van der Waals surface area contributed by atoms with Crippen LogP contribution >= 0.6 is 11.3 Å². The van der Waals surface area contributed by atoms with E-state index in [9.17, 15) is 19.5 Å². The Hall–Kier alpha value is -6.00. The Labute approximate surface area is 287 Å². The molecule has 246 valence electrons. The molecule has 49 heavy (non-hydrogen) atoms. The lowest BCUT2D eigenvalue weighted by Crippen LogP contribution is -2.29. The number of ketones is 1. The molecule has 1 aliphatic rings. The molecule has 4 aromatic carbocycles. The molecule has 1 atom stereocenters. The molecule has 0 spiro atoms. The van der Waals surface area contributed by atoms with Gasteiger partial charge in [0, 0.05) is 5.56 Å². The van der Waals surface area contributed by atoms with Crippen molar-refractivity contribution in [1.82, 2.24) is 4.98 Å². The number of aliphatic hydroxyl groups excluding tert-OH is 1. The summed E-state index contributed by atoms with van der Waals surface area (Å²) in [5, 5.41) is 11.9. The summed E-state index contributed by atoms with van der Waals surface area (Å²) in [5.74, 6) is -1.16. The van der Waals surface area contributed by atoms with Gasteiger partial charge < -0.3 is 19.3 Å². The molecule has 10 heteroatoms. The first kappa shape index (κ1) is 32.9. The first-order chi connectivity index (χ1) is 23.7. The van der Waals surface area contributed by atoms with E-state index in [4.69, 9.17) is 14.2 Å². The number of thiazole rings is 1. The Morgan fingerprint density at radius 1 is 0.918 bits per heavy atom. The molecule has 1 aliphatic heterocycles. The van der Waals surface area contributed by atoms with Gasteiger partial charge in [-0.2, -0.15) is 0 Å². The topological polar surface area (TPSA) is 115 Å². The number of aryl methyl sites for hydroxylation is 2. The van der Waals surface area contributed by atoms with Crippen molar-refractivity contribution in [2.75, 3.05) is 11.5 Å². The predicted molar refractivity (Wildman–Crippen MR) is 187 cm³/mol. The molecule has 0 saturated carbocycles. The van der Waals surface area contributed by atoms with E-state index in [1.54, 1.807) is 68.4 Å². The Morgan fingerprint density at radius 3 is 2.35 bits per heavy atom. The SMILES string of the molecule is C=CCOC(=O)c1sc(N2C(=O)C(=O)C(=C(O)c3ccc(OCc4ccccc4)cc3C)[C@H]2c2cccc(Oc3ccccc3)c2)nc1C. The highest BCUT2D eigenvalue weighted by atomic mass is 32.1. The maximum absolute atomic E-state index is 13.9. The summed E-state index contributed by atoms with van der Waals surface area (Å²) >= 11 is 0.926. The van der Waals surface area contributed by atoms with Crippen LogP contribution in [0.5, 0.6) is 17.2 Å². The van der Waals surface area contributed by atoms with Crippen LogP contribution in [-0.2, 0) is 20.9 Å². The highest BCUT2D eigenvalue weighted by molar-refractivity contribution is 7.17. The standard InChI is InChI=1S/C39H32N2O7S/c1-4-20-46-38(45)36-25(3)40-39(49-36)41-33(27-14-11-17-30(22-27)48-28-15-9-6-10-16-28)32(35(43)37(41)44)34(42)31-19-18-29(21-24(31)2)47-23-26-12-7-5-8-13-26/h4-19,21-22,33,42H,1,20,23H2,2-3H3/t33-/m1/s1. The number of hydrogen-bond donors (Lipinski definition) is 1. The fourth-order valence-corrected chi connectivity index (χ4v) is 6.46. The lowest BCUT2D eigenvalue weighted by molar-refractivity contribution is -0.132. The Bertz CT molecular complexity index is 2070. The second-order valence-corrected chi connectivity index (χ2v) is 12.2. The second kappa shape index (κ2) is 14.4. The molecule has 1 saturated heterocycles. The van der Waals surface area contributed by atoms with Gasteiger partial charge in [-0.3, -0.25) is 14.5 Å². The highest BCUT2D eigenvalue weighted by Crippen LogP contribution is 2.45. The molecule has 1 fully saturated rings. The second-order valence-electron chi connectivity index (χ2n) is 11.2. The van der Waals surface area contributed by atoms with Crippen LogP contribution < -0.4 is 14.4 Å². The van der Waals surface area contributed by atoms with Gasteiger partial charge in [-0.05, 0) is 73.0 Å². The van der Waals surface area contributed by atoms with E-state index in [1.165, 1.54) is 11.0 Å². The first-order valence-corrected chi connectivity index (χ1v) is 16.2. The number of hydrogen-bond acceptors (Lipinski definition) is 9. The van der Waals surface area contributed by atoms with Crippen molar-refractivity contribution in [3.05, 3.63) is 154 Å². The summed E-state index contributed by atoms with van der Waals surface area (Å²) in [6.07, 6.45) is 1.45. The van der Waals surface area contributed by atoms with Crippen LogP contribution in [0.15, 0.2) is 121 Å². The van der Waals surface area contributed by atoms with Gasteiger partial charge in [0.2, 0.25) is 0 Å². The molecule has 0 aliphatic carbocycles. The van der Waals surface area contributed by atoms with Crippen LogP contribution in [0.25, 0.3) is 5.76 Å². The maximum Gasteiger partial charge on any atom is 0.350 e. The number of aromatic nitrogens is 1. The third-order valence-corrected chi connectivity index (χ3v) is 8.94. The van der Waals surface area contributed by atoms with Crippen molar-refractivity contribution < 1.29 is 33.7 Å². The fourth-order valence-electron chi connectivity index (χ4n) is 5.47. The number of para-hydroxylation sites is 1. The molecule has 1 aromatic heterocycles. The average Bonchev–Trinajstić information content (AvgIpc) is 3.62. The molecular formula is C39H32N2O7S. The Balaban J connectivity index is 1.42. The normalized spacial score (nSPS) is 15.2. The molecule has 5 aromatic rings. The number of carbonyl (C=O) groups excluding carboxylic acids is 3. The number of nitrogens with zero attached hydrogens (tertiary/aromatic N) is 2. The highest BCUT2D eigenvalue weighted by Gasteiger charge is 2.48. The van der Waals surface area contributed by atoms with Crippen LogP contribution in [0.4, 0.5) is 5.13 Å². The minimum absolute atomic E-state index is 0.000334. The van der Waals surface area contributed by atoms with Gasteiger partial charge in [0.05, 0.1) is 17.3 Å². The zero-order valence-corrected chi connectivity index (χ0v) is 27.6. The van der Waals surface area contributed by atoms with Crippen molar-refractivity contribution in [3.8, 4) is 17.2 Å². The van der Waals surface area contributed by atoms with Gasteiger partial charge >= 0.3 is 11.9 Å². The summed E-state index contributed by atoms with van der Waals surface area (Å²) in [4.78, 5) is 46.4. The van der Waals surface area contributed by atoms with Crippen molar-refractivity contribution in [1.29, 1.82) is 0 Å². The molecule has 9 nitrogen and oxygen atoms in total. The molecule has 1 amide bonds. The monoisotopic (exact) mass is 672 g/mol. The van der Waals surface area contributed by atoms with Crippen LogP contribution in [0.2, 0.25) is 0 Å². The molecule has 0 unspecified atom stereocenters. The minimum Gasteiger partial charge on any atom is -0.507 e. The molecule has 6 rings (SSSR count). The quantitative estimate of drug-likeness (QED) is 0.0492. The molecule has 0 bridgehead atoms. The zero-order chi connectivity index (χ0) is 34.5. The summed E-state index contributed by atoms with van der Waals surface area (Å²) in [6.45, 7) is 7.33. The average molecular weight is 673 g/mol. The van der Waals surface area contributed by atoms with Crippen LogP contribution in [0, 0.1) is 13.8 Å². The fraction of sp³-hybridized carbons (Fsp3) is 0.128. The van der Waals surface area contributed by atoms with Gasteiger partial charge in [-0.25, -0.2) is 9.78 Å². The maximum atomic E-state index is 13.9. The van der Waals surface area contributed by atoms with Gasteiger partial charge in [0.1, 0.15) is 41.1 Å². The third kappa shape index (κ3) is 7.00. The number of Topliss-reactive ketones (excluding diaryl/α,β-unsaturated/α-hetero) is 1. The number of rotatable bonds is 11. The van der Waals surface area contributed by atoms with Gasteiger partial charge in [0.25, 0.3) is 5.78 Å². The number of amides is 1. The van der Waals surface area contributed by atoms with Crippen molar-refractivity contribution >= 4 is 39.9 Å². The predicted octanol–water partition coefficient (Wildman–Crippen LogP) is 8.10. The third-order valence-electron chi connectivity index (χ3n) is 7.81. The first-order valence-electron chi connectivity index (χ1n) is 15.4. The van der Waals surface area contributed by atoms with E-state index in [2.05, 4.69) is 11.6 Å². The van der Waals surface area contributed by atoms with Crippen molar-refractivity contribution in [2.45, 2.75) is 26.5 Å². The lowest BCUT2D eigenvalue weighted by Gasteiger charge is -2.23. The van der Waals surface area contributed by atoms with E-state index in [1.807, 2.05) is 48.5 Å². The van der Waals surface area contributed by atoms with Gasteiger partial charge in [0.15, 0.2) is 5.13 Å². The molecular weight excluding hydrogens is 641 g/mol. The van der Waals surface area contributed by atoms with E-state index < -0.39 is 23.7 Å². The molecule has 1 N–H and O–H groups in total. The van der Waals surface area contributed by atoms with Gasteiger partial charge in [-0.1, -0.05) is 84.7 Å².